The SMILES string of the molecule is CC.Cc1nc(-n2cc(CCN(C)C)c(C=O)n2)c2cn[nH]c2n1. The monoisotopic (exact) mass is 329 g/mol. The molecule has 8 heteroatoms. The molecule has 0 fully saturated rings. The average molecular weight is 329 g/mol. The van der Waals surface area contributed by atoms with Crippen LogP contribution in [-0.2, 0) is 6.42 Å². The van der Waals surface area contributed by atoms with Crippen molar-refractivity contribution < 1.29 is 4.79 Å². The van der Waals surface area contributed by atoms with Gasteiger partial charge in [-0.2, -0.15) is 10.2 Å². The van der Waals surface area contributed by atoms with Crippen molar-refractivity contribution in [2.45, 2.75) is 27.2 Å². The first-order chi connectivity index (χ1) is 11.6. The summed E-state index contributed by atoms with van der Waals surface area (Å²) in [6.45, 7) is 6.65. The lowest BCUT2D eigenvalue weighted by atomic mass is 10.2. The number of aromatic amines is 1. The number of fused-ring (bicyclic) bond motifs is 1. The van der Waals surface area contributed by atoms with Crippen LogP contribution in [-0.4, -0.2) is 61.8 Å². The highest BCUT2D eigenvalue weighted by Gasteiger charge is 2.14. The molecule has 3 aromatic rings. The zero-order valence-corrected chi connectivity index (χ0v) is 14.7. The maximum atomic E-state index is 11.3. The third-order valence-electron chi connectivity index (χ3n) is 3.38. The molecule has 0 bridgehead atoms. The maximum Gasteiger partial charge on any atom is 0.170 e. The van der Waals surface area contributed by atoms with Crippen LogP contribution in [0, 0.1) is 6.92 Å². The molecule has 0 unspecified atom stereocenters. The topological polar surface area (TPSA) is 92.6 Å². The summed E-state index contributed by atoms with van der Waals surface area (Å²) in [4.78, 5) is 22.0. The number of likely N-dealkylation sites (N-methyl/N-ethyl adjacent to an activating group) is 1. The van der Waals surface area contributed by atoms with Crippen molar-refractivity contribution in [1.29, 1.82) is 0 Å². The van der Waals surface area contributed by atoms with E-state index < -0.39 is 0 Å². The number of rotatable bonds is 5. The summed E-state index contributed by atoms with van der Waals surface area (Å²) in [6.07, 6.45) is 5.04. The van der Waals surface area contributed by atoms with Crippen molar-refractivity contribution in [3.8, 4) is 5.82 Å². The molecular formula is C16H23N7O. The van der Waals surface area contributed by atoms with Gasteiger partial charge < -0.3 is 4.90 Å². The summed E-state index contributed by atoms with van der Waals surface area (Å²) >= 11 is 0. The minimum atomic E-state index is 0.440. The largest absolute Gasteiger partial charge is 0.309 e. The van der Waals surface area contributed by atoms with Crippen LogP contribution in [0.5, 0.6) is 0 Å². The molecular weight excluding hydrogens is 306 g/mol. The summed E-state index contributed by atoms with van der Waals surface area (Å²) in [5.74, 6) is 1.24. The van der Waals surface area contributed by atoms with Gasteiger partial charge in [0.15, 0.2) is 17.8 Å². The highest BCUT2D eigenvalue weighted by Crippen LogP contribution is 2.18. The fraction of sp³-hybridized carbons (Fsp3) is 0.438. The van der Waals surface area contributed by atoms with Crippen molar-refractivity contribution in [2.24, 2.45) is 0 Å². The van der Waals surface area contributed by atoms with Gasteiger partial charge >= 0.3 is 0 Å². The Hall–Kier alpha value is -2.61. The van der Waals surface area contributed by atoms with Crippen LogP contribution in [0.25, 0.3) is 16.9 Å². The zero-order valence-electron chi connectivity index (χ0n) is 14.7. The highest BCUT2D eigenvalue weighted by molar-refractivity contribution is 5.82. The van der Waals surface area contributed by atoms with E-state index >= 15 is 0 Å². The molecule has 8 nitrogen and oxygen atoms in total. The van der Waals surface area contributed by atoms with Crippen LogP contribution in [0.4, 0.5) is 0 Å². The van der Waals surface area contributed by atoms with Crippen molar-refractivity contribution in [1.82, 2.24) is 34.8 Å². The maximum absolute atomic E-state index is 11.3. The van der Waals surface area contributed by atoms with E-state index in [0.717, 1.165) is 30.2 Å². The van der Waals surface area contributed by atoms with Gasteiger partial charge in [-0.3, -0.25) is 9.89 Å². The first-order valence-electron chi connectivity index (χ1n) is 7.95. The van der Waals surface area contributed by atoms with E-state index in [1.54, 1.807) is 17.8 Å². The Labute approximate surface area is 140 Å². The lowest BCUT2D eigenvalue weighted by Crippen LogP contribution is -2.15. The number of H-pyrrole nitrogens is 1. The van der Waals surface area contributed by atoms with E-state index in [4.69, 9.17) is 0 Å². The number of carbonyl (C=O) groups excluding carboxylic acids is 1. The molecule has 128 valence electrons. The molecule has 0 aliphatic carbocycles. The molecule has 24 heavy (non-hydrogen) atoms. The second kappa shape index (κ2) is 7.78. The molecule has 0 aliphatic heterocycles. The summed E-state index contributed by atoms with van der Waals surface area (Å²) < 4.78 is 1.63. The Kier molecular flexibility index (Phi) is 5.75. The number of aryl methyl sites for hydroxylation is 1. The summed E-state index contributed by atoms with van der Waals surface area (Å²) in [7, 11) is 3.99. The van der Waals surface area contributed by atoms with Gasteiger partial charge in [-0.15, -0.1) is 0 Å². The quantitative estimate of drug-likeness (QED) is 0.717. The van der Waals surface area contributed by atoms with Crippen molar-refractivity contribution in [2.75, 3.05) is 20.6 Å². The number of aromatic nitrogens is 6. The lowest BCUT2D eigenvalue weighted by Gasteiger charge is -2.07. The van der Waals surface area contributed by atoms with E-state index in [-0.39, 0.29) is 0 Å². The number of nitrogens with zero attached hydrogens (tertiary/aromatic N) is 6. The fourth-order valence-electron chi connectivity index (χ4n) is 2.27. The summed E-state index contributed by atoms with van der Waals surface area (Å²) in [6, 6.07) is 0. The summed E-state index contributed by atoms with van der Waals surface area (Å²) in [5.41, 5.74) is 1.99. The van der Waals surface area contributed by atoms with Gasteiger partial charge in [-0.25, -0.2) is 14.6 Å². The van der Waals surface area contributed by atoms with E-state index in [1.165, 1.54) is 0 Å². The third kappa shape index (κ3) is 3.65. The molecule has 0 spiro atoms. The molecule has 3 rings (SSSR count). The molecule has 0 atom stereocenters. The minimum absolute atomic E-state index is 0.440. The van der Waals surface area contributed by atoms with Gasteiger partial charge in [-0.1, -0.05) is 13.8 Å². The molecule has 0 aromatic carbocycles. The van der Waals surface area contributed by atoms with Crippen LogP contribution in [0.1, 0.15) is 35.7 Å². The highest BCUT2D eigenvalue weighted by atomic mass is 16.1. The second-order valence-electron chi connectivity index (χ2n) is 5.38. The standard InChI is InChI=1S/C14H17N7O.C2H6/c1-9-16-13-11(6-15-18-13)14(17-9)21-7-10(4-5-20(2)3)12(8-22)19-21;1-2/h6-8H,4-5H2,1-3H3,(H,15,16,17,18);1-2H3. The van der Waals surface area contributed by atoms with Gasteiger partial charge in [0.2, 0.25) is 0 Å². The Morgan fingerprint density at radius 1 is 1.29 bits per heavy atom. The minimum Gasteiger partial charge on any atom is -0.309 e. The molecule has 0 saturated heterocycles. The van der Waals surface area contributed by atoms with Crippen LogP contribution in [0.15, 0.2) is 12.4 Å². The van der Waals surface area contributed by atoms with Crippen molar-refractivity contribution >= 4 is 17.3 Å². The molecule has 3 heterocycles. The number of hydrogen-bond donors (Lipinski definition) is 1. The number of hydrogen-bond acceptors (Lipinski definition) is 6. The summed E-state index contributed by atoms with van der Waals surface area (Å²) in [5, 5.41) is 11.9. The van der Waals surface area contributed by atoms with Gasteiger partial charge in [0.05, 0.1) is 11.6 Å². The first-order valence-corrected chi connectivity index (χ1v) is 7.95. The van der Waals surface area contributed by atoms with Crippen LogP contribution >= 0.6 is 0 Å². The molecule has 0 radical (unpaired) electrons. The van der Waals surface area contributed by atoms with Crippen LogP contribution in [0.3, 0.4) is 0 Å². The van der Waals surface area contributed by atoms with E-state index in [9.17, 15) is 4.79 Å². The van der Waals surface area contributed by atoms with E-state index in [0.29, 0.717) is 23.0 Å². The molecule has 0 amide bonds. The Bertz CT molecular complexity index is 819. The zero-order chi connectivity index (χ0) is 17.7. The molecule has 3 aromatic heterocycles. The van der Waals surface area contributed by atoms with Crippen LogP contribution in [0.2, 0.25) is 0 Å². The predicted octanol–water partition coefficient (Wildman–Crippen LogP) is 1.79. The van der Waals surface area contributed by atoms with Crippen molar-refractivity contribution in [3.63, 3.8) is 0 Å². The smallest absolute Gasteiger partial charge is 0.170 e. The fourth-order valence-corrected chi connectivity index (χ4v) is 2.27. The molecule has 0 aliphatic rings. The Morgan fingerprint density at radius 3 is 2.71 bits per heavy atom. The lowest BCUT2D eigenvalue weighted by molar-refractivity contribution is 0.111. The van der Waals surface area contributed by atoms with E-state index in [2.05, 4.69) is 30.2 Å². The molecule has 1 N–H and O–H groups in total. The van der Waals surface area contributed by atoms with E-state index in [1.807, 2.05) is 34.1 Å². The molecule has 0 saturated carbocycles. The Morgan fingerprint density at radius 2 is 2.04 bits per heavy atom. The van der Waals surface area contributed by atoms with Gasteiger partial charge in [-0.05, 0) is 27.4 Å². The normalized spacial score (nSPS) is 10.8. The van der Waals surface area contributed by atoms with Gasteiger partial charge in [0.1, 0.15) is 11.5 Å². The third-order valence-corrected chi connectivity index (χ3v) is 3.38. The second-order valence-corrected chi connectivity index (χ2v) is 5.38. The Balaban J connectivity index is 0.00000100. The van der Waals surface area contributed by atoms with Crippen molar-refractivity contribution in [3.05, 3.63) is 29.5 Å². The predicted molar refractivity (Wildman–Crippen MR) is 92.5 cm³/mol. The number of carbonyl (C=O) groups is 1. The number of nitrogens with one attached hydrogen (secondary N) is 1. The average Bonchev–Trinajstić information content (AvgIpc) is 3.20. The van der Waals surface area contributed by atoms with Gasteiger partial charge in [0.25, 0.3) is 0 Å². The first kappa shape index (κ1) is 17.7. The van der Waals surface area contributed by atoms with Gasteiger partial charge in [0, 0.05) is 18.3 Å². The van der Waals surface area contributed by atoms with Crippen LogP contribution < -0.4 is 0 Å². The number of aldehydes is 1.